The van der Waals surface area contributed by atoms with Crippen LogP contribution >= 0.6 is 0 Å². The maximum Gasteiger partial charge on any atom is 0.243 e. The van der Waals surface area contributed by atoms with E-state index in [0.717, 1.165) is 10.8 Å². The molecule has 1 heterocycles. The summed E-state index contributed by atoms with van der Waals surface area (Å²) in [6, 6.07) is 12.8. The number of carbonyl (C=O) groups excluding carboxylic acids is 1. The van der Waals surface area contributed by atoms with Gasteiger partial charge in [0, 0.05) is 25.6 Å². The summed E-state index contributed by atoms with van der Waals surface area (Å²) in [6.45, 7) is 0.786. The van der Waals surface area contributed by atoms with E-state index in [1.54, 1.807) is 12.1 Å². The molecule has 1 aliphatic heterocycles. The Bertz CT molecular complexity index is 858. The molecule has 2 aromatic rings. The van der Waals surface area contributed by atoms with E-state index in [-0.39, 0.29) is 29.9 Å². The van der Waals surface area contributed by atoms with E-state index in [2.05, 4.69) is 5.32 Å². The maximum atomic E-state index is 12.9. The van der Waals surface area contributed by atoms with E-state index in [1.807, 2.05) is 30.3 Å². The number of fused-ring (bicyclic) bond motifs is 1. The third-order valence-electron chi connectivity index (χ3n) is 4.59. The predicted molar refractivity (Wildman–Crippen MR) is 95.5 cm³/mol. The highest BCUT2D eigenvalue weighted by Gasteiger charge is 2.32. The number of hydrogen-bond donors (Lipinski definition) is 2. The molecule has 0 saturated carbocycles. The van der Waals surface area contributed by atoms with Gasteiger partial charge in [0.25, 0.3) is 0 Å². The molecule has 2 aromatic carbocycles. The lowest BCUT2D eigenvalue weighted by molar-refractivity contribution is -0.126. The van der Waals surface area contributed by atoms with Gasteiger partial charge >= 0.3 is 0 Å². The first-order valence-electron chi connectivity index (χ1n) is 8.40. The van der Waals surface area contributed by atoms with Gasteiger partial charge in [0.15, 0.2) is 0 Å². The molecule has 7 heteroatoms. The van der Waals surface area contributed by atoms with Crippen LogP contribution in [-0.2, 0) is 14.8 Å². The second kappa shape index (κ2) is 7.51. The fourth-order valence-corrected chi connectivity index (χ4v) is 4.66. The van der Waals surface area contributed by atoms with Crippen LogP contribution in [0.25, 0.3) is 10.8 Å². The molecule has 25 heavy (non-hydrogen) atoms. The Morgan fingerprint density at radius 2 is 1.80 bits per heavy atom. The van der Waals surface area contributed by atoms with Crippen LogP contribution in [0.3, 0.4) is 0 Å². The van der Waals surface area contributed by atoms with E-state index in [4.69, 9.17) is 5.11 Å². The molecule has 0 spiro atoms. The van der Waals surface area contributed by atoms with Crippen molar-refractivity contribution in [1.29, 1.82) is 0 Å². The quantitative estimate of drug-likeness (QED) is 0.841. The van der Waals surface area contributed by atoms with Gasteiger partial charge in [-0.1, -0.05) is 30.3 Å². The van der Waals surface area contributed by atoms with Crippen molar-refractivity contribution in [2.45, 2.75) is 17.7 Å². The molecule has 134 valence electrons. The Labute approximate surface area is 147 Å². The Balaban J connectivity index is 1.72. The highest BCUT2D eigenvalue weighted by Crippen LogP contribution is 2.26. The molecule has 0 aromatic heterocycles. The standard InChI is InChI=1S/C18H22N2O4S/c21-12-9-19-18(22)15-7-10-20(11-8-15)25(23,24)17-6-5-14-3-1-2-4-16(14)13-17/h1-6,13,15,21H,7-12H2,(H,19,22). The van der Waals surface area contributed by atoms with Crippen molar-refractivity contribution in [3.8, 4) is 0 Å². The smallest absolute Gasteiger partial charge is 0.243 e. The van der Waals surface area contributed by atoms with Crippen molar-refractivity contribution in [2.24, 2.45) is 5.92 Å². The van der Waals surface area contributed by atoms with E-state index in [9.17, 15) is 13.2 Å². The molecule has 0 unspecified atom stereocenters. The number of sulfonamides is 1. The Morgan fingerprint density at radius 3 is 2.48 bits per heavy atom. The van der Waals surface area contributed by atoms with Gasteiger partial charge in [-0.25, -0.2) is 8.42 Å². The normalized spacial score (nSPS) is 16.8. The predicted octanol–water partition coefficient (Wildman–Crippen LogP) is 1.35. The minimum Gasteiger partial charge on any atom is -0.395 e. The van der Waals surface area contributed by atoms with Crippen molar-refractivity contribution in [3.05, 3.63) is 42.5 Å². The zero-order valence-electron chi connectivity index (χ0n) is 13.9. The number of aliphatic hydroxyl groups excluding tert-OH is 1. The highest BCUT2D eigenvalue weighted by molar-refractivity contribution is 7.89. The number of benzene rings is 2. The minimum atomic E-state index is -3.56. The van der Waals surface area contributed by atoms with Crippen molar-refractivity contribution >= 4 is 26.7 Å². The lowest BCUT2D eigenvalue weighted by atomic mass is 9.97. The van der Waals surface area contributed by atoms with Gasteiger partial charge in [-0.2, -0.15) is 4.31 Å². The summed E-state index contributed by atoms with van der Waals surface area (Å²) in [4.78, 5) is 12.2. The van der Waals surface area contributed by atoms with Crippen LogP contribution in [0.5, 0.6) is 0 Å². The number of aliphatic hydroxyl groups is 1. The summed E-state index contributed by atoms with van der Waals surface area (Å²) in [5.74, 6) is -0.314. The van der Waals surface area contributed by atoms with Crippen LogP contribution in [0, 0.1) is 5.92 Å². The molecule has 1 aliphatic rings. The third kappa shape index (κ3) is 3.84. The van der Waals surface area contributed by atoms with E-state index < -0.39 is 10.0 Å². The average Bonchev–Trinajstić information content (AvgIpc) is 2.65. The van der Waals surface area contributed by atoms with Gasteiger partial charge in [-0.15, -0.1) is 0 Å². The van der Waals surface area contributed by atoms with Crippen LogP contribution < -0.4 is 5.32 Å². The summed E-state index contributed by atoms with van der Waals surface area (Å²) in [6.07, 6.45) is 0.980. The molecule has 1 saturated heterocycles. The SMILES string of the molecule is O=C(NCCO)C1CCN(S(=O)(=O)c2ccc3ccccc3c2)CC1. The molecular weight excluding hydrogens is 340 g/mol. The molecular formula is C18H22N2O4S. The average molecular weight is 362 g/mol. The largest absolute Gasteiger partial charge is 0.395 e. The molecule has 1 fully saturated rings. The van der Waals surface area contributed by atoms with Gasteiger partial charge in [0.05, 0.1) is 11.5 Å². The monoisotopic (exact) mass is 362 g/mol. The van der Waals surface area contributed by atoms with Crippen molar-refractivity contribution < 1.29 is 18.3 Å². The summed E-state index contributed by atoms with van der Waals surface area (Å²) < 4.78 is 27.2. The number of amides is 1. The number of piperidine rings is 1. The summed E-state index contributed by atoms with van der Waals surface area (Å²) in [7, 11) is -3.56. The van der Waals surface area contributed by atoms with Crippen molar-refractivity contribution in [2.75, 3.05) is 26.2 Å². The lowest BCUT2D eigenvalue weighted by Crippen LogP contribution is -2.43. The van der Waals surface area contributed by atoms with Gasteiger partial charge in [-0.05, 0) is 35.7 Å². The molecule has 2 N–H and O–H groups in total. The Kier molecular flexibility index (Phi) is 5.36. The minimum absolute atomic E-state index is 0.0963. The van der Waals surface area contributed by atoms with Gasteiger partial charge in [0.1, 0.15) is 0 Å². The number of hydrogen-bond acceptors (Lipinski definition) is 4. The first-order chi connectivity index (χ1) is 12.0. The molecule has 0 bridgehead atoms. The van der Waals surface area contributed by atoms with Crippen molar-refractivity contribution in [1.82, 2.24) is 9.62 Å². The second-order valence-corrected chi connectivity index (χ2v) is 8.14. The van der Waals surface area contributed by atoms with Crippen LogP contribution in [0.2, 0.25) is 0 Å². The van der Waals surface area contributed by atoms with Crippen LogP contribution in [-0.4, -0.2) is 50.0 Å². The molecule has 0 aliphatic carbocycles. The molecule has 0 radical (unpaired) electrons. The number of nitrogens with zero attached hydrogens (tertiary/aromatic N) is 1. The topological polar surface area (TPSA) is 86.7 Å². The Hall–Kier alpha value is -1.96. The first-order valence-corrected chi connectivity index (χ1v) is 9.84. The summed E-state index contributed by atoms with van der Waals surface area (Å²) >= 11 is 0. The van der Waals surface area contributed by atoms with Gasteiger partial charge in [-0.3, -0.25) is 4.79 Å². The first kappa shape index (κ1) is 17.8. The van der Waals surface area contributed by atoms with Crippen LogP contribution in [0.4, 0.5) is 0 Å². The molecule has 0 atom stereocenters. The Morgan fingerprint density at radius 1 is 1.12 bits per heavy atom. The van der Waals surface area contributed by atoms with Gasteiger partial charge < -0.3 is 10.4 Å². The maximum absolute atomic E-state index is 12.9. The zero-order valence-corrected chi connectivity index (χ0v) is 14.7. The number of carbonyl (C=O) groups is 1. The fraction of sp³-hybridized carbons (Fsp3) is 0.389. The molecule has 3 rings (SSSR count). The number of nitrogens with one attached hydrogen (secondary N) is 1. The highest BCUT2D eigenvalue weighted by atomic mass is 32.2. The zero-order chi connectivity index (χ0) is 17.9. The summed E-state index contributed by atoms with van der Waals surface area (Å²) in [5, 5.41) is 13.3. The van der Waals surface area contributed by atoms with E-state index in [1.165, 1.54) is 4.31 Å². The number of rotatable bonds is 5. The molecule has 1 amide bonds. The molecule has 6 nitrogen and oxygen atoms in total. The fourth-order valence-electron chi connectivity index (χ4n) is 3.16. The van der Waals surface area contributed by atoms with E-state index in [0.29, 0.717) is 25.9 Å². The van der Waals surface area contributed by atoms with Crippen LogP contribution in [0.1, 0.15) is 12.8 Å². The second-order valence-electron chi connectivity index (χ2n) is 6.20. The van der Waals surface area contributed by atoms with Crippen molar-refractivity contribution in [3.63, 3.8) is 0 Å². The third-order valence-corrected chi connectivity index (χ3v) is 6.49. The summed E-state index contributed by atoms with van der Waals surface area (Å²) in [5.41, 5.74) is 0. The lowest BCUT2D eigenvalue weighted by Gasteiger charge is -2.30. The van der Waals surface area contributed by atoms with Gasteiger partial charge in [0.2, 0.25) is 15.9 Å². The van der Waals surface area contributed by atoms with Crippen LogP contribution in [0.15, 0.2) is 47.4 Å². The van der Waals surface area contributed by atoms with E-state index >= 15 is 0 Å².